The first-order valence-corrected chi connectivity index (χ1v) is 6.62. The van der Waals surface area contributed by atoms with Gasteiger partial charge in [0, 0.05) is 17.1 Å². The highest BCUT2D eigenvalue weighted by molar-refractivity contribution is 5.87. The highest BCUT2D eigenvalue weighted by Gasteiger charge is 2.11. The number of hydrogen-bond donors (Lipinski definition) is 2. The normalized spacial score (nSPS) is 10.9. The number of nitrogens with one attached hydrogen (secondary N) is 2. The van der Waals surface area contributed by atoms with Crippen LogP contribution < -0.4 is 5.56 Å². The number of pyridine rings is 1. The molecule has 104 valence electrons. The van der Waals surface area contributed by atoms with Crippen LogP contribution in [0, 0.1) is 11.3 Å². The highest BCUT2D eigenvalue weighted by Crippen LogP contribution is 2.22. The Labute approximate surface area is 124 Å². The summed E-state index contributed by atoms with van der Waals surface area (Å²) in [7, 11) is 0. The molecule has 4 aromatic rings. The van der Waals surface area contributed by atoms with Crippen LogP contribution in [-0.4, -0.2) is 19.9 Å². The molecule has 3 aromatic heterocycles. The molecule has 3 heterocycles. The zero-order chi connectivity index (χ0) is 15.1. The summed E-state index contributed by atoms with van der Waals surface area (Å²) >= 11 is 0. The van der Waals surface area contributed by atoms with E-state index in [9.17, 15) is 4.79 Å². The summed E-state index contributed by atoms with van der Waals surface area (Å²) in [5, 5.41) is 9.82. The molecule has 0 saturated heterocycles. The molecular formula is C16H9N5O. The first-order valence-electron chi connectivity index (χ1n) is 6.62. The number of nitrogens with zero attached hydrogens (tertiary/aromatic N) is 3. The van der Waals surface area contributed by atoms with Crippen LogP contribution in [0.3, 0.4) is 0 Å². The molecule has 0 fully saturated rings. The molecule has 0 radical (unpaired) electrons. The lowest BCUT2D eigenvalue weighted by Crippen LogP contribution is -2.11. The maximum atomic E-state index is 12.2. The summed E-state index contributed by atoms with van der Waals surface area (Å²) in [5.41, 5.74) is 3.33. The summed E-state index contributed by atoms with van der Waals surface area (Å²) in [6.45, 7) is 0. The van der Waals surface area contributed by atoms with Crippen LogP contribution in [0.2, 0.25) is 0 Å². The lowest BCUT2D eigenvalue weighted by Gasteiger charge is -1.99. The predicted octanol–water partition coefficient (Wildman–Crippen LogP) is 2.34. The minimum absolute atomic E-state index is 0.285. The molecule has 6 heteroatoms. The molecule has 0 bridgehead atoms. The van der Waals surface area contributed by atoms with Crippen molar-refractivity contribution in [3.05, 3.63) is 58.6 Å². The second-order valence-corrected chi connectivity index (χ2v) is 4.90. The van der Waals surface area contributed by atoms with Gasteiger partial charge in [-0.25, -0.2) is 4.98 Å². The van der Waals surface area contributed by atoms with E-state index in [0.717, 1.165) is 10.9 Å². The molecule has 0 atom stereocenters. The van der Waals surface area contributed by atoms with Gasteiger partial charge in [0.25, 0.3) is 5.56 Å². The average molecular weight is 287 g/mol. The van der Waals surface area contributed by atoms with Gasteiger partial charge in [0.2, 0.25) is 0 Å². The van der Waals surface area contributed by atoms with Crippen molar-refractivity contribution in [2.45, 2.75) is 0 Å². The van der Waals surface area contributed by atoms with Crippen LogP contribution >= 0.6 is 0 Å². The fraction of sp³-hybridized carbons (Fsp3) is 0. The number of aromatic amines is 2. The minimum Gasteiger partial charge on any atom is -0.353 e. The van der Waals surface area contributed by atoms with Crippen molar-refractivity contribution in [3.63, 3.8) is 0 Å². The van der Waals surface area contributed by atoms with Gasteiger partial charge in [-0.2, -0.15) is 5.26 Å². The Morgan fingerprint density at radius 3 is 2.86 bits per heavy atom. The van der Waals surface area contributed by atoms with Gasteiger partial charge in [-0.05, 0) is 30.3 Å². The zero-order valence-corrected chi connectivity index (χ0v) is 11.3. The maximum absolute atomic E-state index is 12.2. The second kappa shape index (κ2) is 4.53. The predicted molar refractivity (Wildman–Crippen MR) is 82.2 cm³/mol. The van der Waals surface area contributed by atoms with Gasteiger partial charge >= 0.3 is 0 Å². The molecule has 22 heavy (non-hydrogen) atoms. The molecule has 1 aromatic carbocycles. The standard InChI is InChI=1S/C16H9N5O/c17-7-9-1-2-11-10(5-9)6-13(19-11)15-16(22)21-14-8-18-4-3-12(14)20-15/h1-6,8,19H,(H,21,22). The molecule has 0 amide bonds. The first kappa shape index (κ1) is 12.3. The van der Waals surface area contributed by atoms with Crippen molar-refractivity contribution < 1.29 is 0 Å². The van der Waals surface area contributed by atoms with Crippen LogP contribution in [0.25, 0.3) is 33.3 Å². The van der Waals surface area contributed by atoms with E-state index in [0.29, 0.717) is 28.0 Å². The number of rotatable bonds is 1. The zero-order valence-electron chi connectivity index (χ0n) is 11.3. The molecule has 2 N–H and O–H groups in total. The minimum atomic E-state index is -0.285. The number of hydrogen-bond acceptors (Lipinski definition) is 4. The van der Waals surface area contributed by atoms with E-state index in [1.165, 1.54) is 0 Å². The fourth-order valence-electron chi connectivity index (χ4n) is 2.45. The van der Waals surface area contributed by atoms with Gasteiger partial charge < -0.3 is 9.97 Å². The van der Waals surface area contributed by atoms with Gasteiger partial charge in [-0.15, -0.1) is 0 Å². The molecule has 4 rings (SSSR count). The number of fused-ring (bicyclic) bond motifs is 2. The monoisotopic (exact) mass is 287 g/mol. The summed E-state index contributed by atoms with van der Waals surface area (Å²) in [4.78, 5) is 26.5. The van der Waals surface area contributed by atoms with Crippen molar-refractivity contribution in [2.24, 2.45) is 0 Å². The lowest BCUT2D eigenvalue weighted by molar-refractivity contribution is 1.18. The summed E-state index contributed by atoms with van der Waals surface area (Å²) in [5.74, 6) is 0. The van der Waals surface area contributed by atoms with Crippen LogP contribution in [-0.2, 0) is 0 Å². The Morgan fingerprint density at radius 2 is 2.00 bits per heavy atom. The topological polar surface area (TPSA) is 98.2 Å². The molecule has 0 saturated carbocycles. The molecule has 0 aliphatic rings. The van der Waals surface area contributed by atoms with Gasteiger partial charge in [0.05, 0.1) is 34.6 Å². The Morgan fingerprint density at radius 1 is 1.09 bits per heavy atom. The molecule has 0 aliphatic carbocycles. The Kier molecular flexibility index (Phi) is 2.53. The van der Waals surface area contributed by atoms with Crippen LogP contribution in [0.4, 0.5) is 0 Å². The van der Waals surface area contributed by atoms with E-state index in [-0.39, 0.29) is 5.56 Å². The van der Waals surface area contributed by atoms with Crippen molar-refractivity contribution in [1.82, 2.24) is 19.9 Å². The number of aromatic nitrogens is 4. The quantitative estimate of drug-likeness (QED) is 0.561. The maximum Gasteiger partial charge on any atom is 0.276 e. The van der Waals surface area contributed by atoms with Crippen molar-refractivity contribution >= 4 is 21.9 Å². The fourth-order valence-corrected chi connectivity index (χ4v) is 2.45. The number of benzene rings is 1. The average Bonchev–Trinajstić information content (AvgIpc) is 2.96. The van der Waals surface area contributed by atoms with Crippen LogP contribution in [0.15, 0.2) is 47.5 Å². The van der Waals surface area contributed by atoms with E-state index in [4.69, 9.17) is 5.26 Å². The van der Waals surface area contributed by atoms with E-state index >= 15 is 0 Å². The molecule has 6 nitrogen and oxygen atoms in total. The third-order valence-corrected chi connectivity index (χ3v) is 3.50. The van der Waals surface area contributed by atoms with Crippen molar-refractivity contribution in [1.29, 1.82) is 5.26 Å². The van der Waals surface area contributed by atoms with E-state index in [1.807, 2.05) is 12.1 Å². The largest absolute Gasteiger partial charge is 0.353 e. The van der Waals surface area contributed by atoms with Crippen molar-refractivity contribution in [2.75, 3.05) is 0 Å². The van der Waals surface area contributed by atoms with Gasteiger partial charge in [-0.3, -0.25) is 9.78 Å². The van der Waals surface area contributed by atoms with E-state index in [1.54, 1.807) is 30.6 Å². The second-order valence-electron chi connectivity index (χ2n) is 4.90. The molecular weight excluding hydrogens is 278 g/mol. The number of nitriles is 1. The first-order chi connectivity index (χ1) is 10.7. The van der Waals surface area contributed by atoms with Crippen LogP contribution in [0.5, 0.6) is 0 Å². The van der Waals surface area contributed by atoms with Gasteiger partial charge in [-0.1, -0.05) is 0 Å². The number of H-pyrrole nitrogens is 2. The van der Waals surface area contributed by atoms with Gasteiger partial charge in [0.15, 0.2) is 5.69 Å². The Bertz CT molecular complexity index is 1120. The SMILES string of the molecule is N#Cc1ccc2[nH]c(-c3nc4ccncc4[nH]c3=O)cc2c1. The summed E-state index contributed by atoms with van der Waals surface area (Å²) in [6, 6.07) is 11.0. The summed E-state index contributed by atoms with van der Waals surface area (Å²) in [6.07, 6.45) is 3.19. The third-order valence-electron chi connectivity index (χ3n) is 3.50. The third kappa shape index (κ3) is 1.84. The van der Waals surface area contributed by atoms with Crippen molar-refractivity contribution in [3.8, 4) is 17.5 Å². The van der Waals surface area contributed by atoms with E-state index in [2.05, 4.69) is 26.0 Å². The Balaban J connectivity index is 1.96. The van der Waals surface area contributed by atoms with Crippen LogP contribution in [0.1, 0.15) is 5.56 Å². The lowest BCUT2D eigenvalue weighted by atomic mass is 10.2. The highest BCUT2D eigenvalue weighted by atomic mass is 16.1. The molecule has 0 spiro atoms. The molecule has 0 unspecified atom stereocenters. The Hall–Kier alpha value is -3.46. The van der Waals surface area contributed by atoms with Gasteiger partial charge in [0.1, 0.15) is 0 Å². The van der Waals surface area contributed by atoms with E-state index < -0.39 is 0 Å². The molecule has 0 aliphatic heterocycles. The smallest absolute Gasteiger partial charge is 0.276 e. The summed E-state index contributed by atoms with van der Waals surface area (Å²) < 4.78 is 0.